The first kappa shape index (κ1) is 14.3. The molecule has 0 saturated heterocycles. The molecule has 2 aromatic rings. The van der Waals surface area contributed by atoms with Crippen LogP contribution < -0.4 is 10.1 Å². The third-order valence-electron chi connectivity index (χ3n) is 2.33. The zero-order valence-electron chi connectivity index (χ0n) is 10.1. The number of rotatable bonds is 4. The van der Waals surface area contributed by atoms with Gasteiger partial charge < -0.3 is 10.1 Å². The lowest BCUT2D eigenvalue weighted by Gasteiger charge is -2.13. The average Bonchev–Trinajstić information content (AvgIpc) is 2.38. The number of hydrogen-bond donors (Lipinski definition) is 1. The molecule has 1 heterocycles. The van der Waals surface area contributed by atoms with Crippen LogP contribution in [0.2, 0.25) is 15.2 Å². The van der Waals surface area contributed by atoms with E-state index in [0.717, 1.165) is 5.69 Å². The Labute approximate surface area is 126 Å². The molecule has 0 fully saturated rings. The molecule has 0 aliphatic rings. The van der Waals surface area contributed by atoms with Crippen molar-refractivity contribution in [1.82, 2.24) is 4.98 Å². The Balaban J connectivity index is 2.33. The fraction of sp³-hybridized carbons (Fsp3) is 0.154. The molecule has 2 rings (SSSR count). The second-order valence-electron chi connectivity index (χ2n) is 3.65. The fourth-order valence-corrected chi connectivity index (χ4v) is 2.06. The van der Waals surface area contributed by atoms with Crippen LogP contribution in [0, 0.1) is 0 Å². The van der Waals surface area contributed by atoms with E-state index in [9.17, 15) is 0 Å². The van der Waals surface area contributed by atoms with Gasteiger partial charge in [-0.05, 0) is 25.1 Å². The number of halogens is 3. The van der Waals surface area contributed by atoms with Gasteiger partial charge in [-0.25, -0.2) is 4.98 Å². The Morgan fingerprint density at radius 1 is 1.16 bits per heavy atom. The van der Waals surface area contributed by atoms with Crippen molar-refractivity contribution in [2.45, 2.75) is 6.92 Å². The Morgan fingerprint density at radius 2 is 1.89 bits per heavy atom. The molecule has 0 spiro atoms. The van der Waals surface area contributed by atoms with Gasteiger partial charge in [0.05, 0.1) is 22.3 Å². The van der Waals surface area contributed by atoms with E-state index < -0.39 is 0 Å². The highest BCUT2D eigenvalue weighted by Gasteiger charge is 2.10. The quantitative estimate of drug-likeness (QED) is 0.788. The maximum Gasteiger partial charge on any atom is 0.151 e. The van der Waals surface area contributed by atoms with Crippen LogP contribution in [0.15, 0.2) is 30.3 Å². The van der Waals surface area contributed by atoms with E-state index in [2.05, 4.69) is 10.3 Å². The van der Waals surface area contributed by atoms with Gasteiger partial charge in [0.15, 0.2) is 5.82 Å². The van der Waals surface area contributed by atoms with Crippen LogP contribution in [0.25, 0.3) is 0 Å². The Hall–Kier alpha value is -1.16. The maximum absolute atomic E-state index is 6.07. The number of pyridine rings is 1. The molecule has 19 heavy (non-hydrogen) atoms. The standard InChI is InChI=1S/C13H11Cl3N2O/c1-2-19-11-6-4-3-5-10(11)17-13-9(15)7-8(14)12(16)18-13/h3-7H,2H2,1H3,(H,17,18). The molecule has 0 unspecified atom stereocenters. The smallest absolute Gasteiger partial charge is 0.151 e. The van der Waals surface area contributed by atoms with Gasteiger partial charge in [0, 0.05) is 0 Å². The summed E-state index contributed by atoms with van der Waals surface area (Å²) in [6.07, 6.45) is 0. The Kier molecular flexibility index (Phi) is 4.75. The van der Waals surface area contributed by atoms with E-state index in [1.54, 1.807) is 6.07 Å². The summed E-state index contributed by atoms with van der Waals surface area (Å²) in [4.78, 5) is 4.10. The van der Waals surface area contributed by atoms with Crippen LogP contribution in [0.3, 0.4) is 0 Å². The van der Waals surface area contributed by atoms with Gasteiger partial charge in [-0.3, -0.25) is 0 Å². The highest BCUT2D eigenvalue weighted by molar-refractivity contribution is 6.43. The number of ether oxygens (including phenoxy) is 1. The van der Waals surface area contributed by atoms with Crippen LogP contribution >= 0.6 is 34.8 Å². The largest absolute Gasteiger partial charge is 0.492 e. The molecule has 0 radical (unpaired) electrons. The zero-order chi connectivity index (χ0) is 13.8. The number of aromatic nitrogens is 1. The SMILES string of the molecule is CCOc1ccccc1Nc1nc(Cl)c(Cl)cc1Cl. The minimum absolute atomic E-state index is 0.197. The lowest BCUT2D eigenvalue weighted by molar-refractivity contribution is 0.342. The Morgan fingerprint density at radius 3 is 2.63 bits per heavy atom. The summed E-state index contributed by atoms with van der Waals surface area (Å²) in [7, 11) is 0. The van der Waals surface area contributed by atoms with Crippen molar-refractivity contribution >= 4 is 46.3 Å². The highest BCUT2D eigenvalue weighted by atomic mass is 35.5. The highest BCUT2D eigenvalue weighted by Crippen LogP contribution is 2.33. The minimum atomic E-state index is 0.197. The number of anilines is 2. The second-order valence-corrected chi connectivity index (χ2v) is 4.82. The van der Waals surface area contributed by atoms with Gasteiger partial charge in [0.2, 0.25) is 0 Å². The minimum Gasteiger partial charge on any atom is -0.492 e. The molecule has 1 aromatic carbocycles. The summed E-state index contributed by atoms with van der Waals surface area (Å²) in [6, 6.07) is 9.04. The van der Waals surface area contributed by atoms with Crippen molar-refractivity contribution in [1.29, 1.82) is 0 Å². The predicted octanol–water partition coefficient (Wildman–Crippen LogP) is 5.18. The van der Waals surface area contributed by atoms with Crippen LogP contribution in [-0.2, 0) is 0 Å². The van der Waals surface area contributed by atoms with Crippen molar-refractivity contribution in [2.75, 3.05) is 11.9 Å². The molecule has 3 nitrogen and oxygen atoms in total. The predicted molar refractivity (Wildman–Crippen MR) is 80.2 cm³/mol. The zero-order valence-corrected chi connectivity index (χ0v) is 12.4. The number of hydrogen-bond acceptors (Lipinski definition) is 3. The topological polar surface area (TPSA) is 34.1 Å². The van der Waals surface area contributed by atoms with E-state index in [1.807, 2.05) is 31.2 Å². The Bertz CT molecular complexity index is 590. The van der Waals surface area contributed by atoms with E-state index in [1.165, 1.54) is 0 Å². The van der Waals surface area contributed by atoms with E-state index in [-0.39, 0.29) is 5.15 Å². The number of nitrogens with zero attached hydrogens (tertiary/aromatic N) is 1. The lowest BCUT2D eigenvalue weighted by atomic mass is 10.3. The molecule has 1 N–H and O–H groups in total. The summed E-state index contributed by atoms with van der Waals surface area (Å²) in [5.41, 5.74) is 0.761. The molecule has 0 aliphatic carbocycles. The molecule has 100 valence electrons. The number of benzene rings is 1. The lowest BCUT2D eigenvalue weighted by Crippen LogP contribution is -1.99. The molecular weight excluding hydrogens is 307 g/mol. The van der Waals surface area contributed by atoms with E-state index >= 15 is 0 Å². The van der Waals surface area contributed by atoms with E-state index in [0.29, 0.717) is 28.2 Å². The van der Waals surface area contributed by atoms with E-state index in [4.69, 9.17) is 39.5 Å². The van der Waals surface area contributed by atoms with Gasteiger partial charge in [0.1, 0.15) is 10.9 Å². The number of para-hydroxylation sites is 2. The summed E-state index contributed by atoms with van der Waals surface area (Å²) < 4.78 is 5.51. The van der Waals surface area contributed by atoms with Crippen molar-refractivity contribution in [2.24, 2.45) is 0 Å². The summed E-state index contributed by atoms with van der Waals surface area (Å²) in [5.74, 6) is 1.15. The van der Waals surface area contributed by atoms with Gasteiger partial charge in [-0.15, -0.1) is 0 Å². The summed E-state index contributed by atoms with van der Waals surface area (Å²) in [6.45, 7) is 2.49. The third kappa shape index (κ3) is 3.44. The van der Waals surface area contributed by atoms with Crippen molar-refractivity contribution in [3.8, 4) is 5.75 Å². The molecule has 0 amide bonds. The second kappa shape index (κ2) is 6.33. The van der Waals surface area contributed by atoms with Crippen LogP contribution in [0.1, 0.15) is 6.92 Å². The van der Waals surface area contributed by atoms with Crippen LogP contribution in [0.5, 0.6) is 5.75 Å². The van der Waals surface area contributed by atoms with Crippen molar-refractivity contribution < 1.29 is 4.74 Å². The van der Waals surface area contributed by atoms with Gasteiger partial charge in [0.25, 0.3) is 0 Å². The molecule has 1 aromatic heterocycles. The van der Waals surface area contributed by atoms with Crippen molar-refractivity contribution in [3.63, 3.8) is 0 Å². The first-order valence-corrected chi connectivity index (χ1v) is 6.75. The molecule has 6 heteroatoms. The summed E-state index contributed by atoms with van der Waals surface area (Å²) >= 11 is 17.8. The maximum atomic E-state index is 6.07. The van der Waals surface area contributed by atoms with Crippen LogP contribution in [-0.4, -0.2) is 11.6 Å². The summed E-state index contributed by atoms with van der Waals surface area (Å²) in [5, 5.41) is 3.98. The normalized spacial score (nSPS) is 10.3. The van der Waals surface area contributed by atoms with Crippen LogP contribution in [0.4, 0.5) is 11.5 Å². The molecule has 0 bridgehead atoms. The van der Waals surface area contributed by atoms with Crippen molar-refractivity contribution in [3.05, 3.63) is 45.5 Å². The molecule has 0 atom stereocenters. The van der Waals surface area contributed by atoms with Gasteiger partial charge in [-0.2, -0.15) is 0 Å². The average molecular weight is 318 g/mol. The van der Waals surface area contributed by atoms with Gasteiger partial charge in [-0.1, -0.05) is 46.9 Å². The van der Waals surface area contributed by atoms with Gasteiger partial charge >= 0.3 is 0 Å². The first-order valence-electron chi connectivity index (χ1n) is 5.62. The first-order chi connectivity index (χ1) is 9.11. The molecule has 0 saturated carbocycles. The third-order valence-corrected chi connectivity index (χ3v) is 3.29. The monoisotopic (exact) mass is 316 g/mol. The number of nitrogens with one attached hydrogen (secondary N) is 1. The fourth-order valence-electron chi connectivity index (χ4n) is 1.51. The molecule has 0 aliphatic heterocycles. The molecular formula is C13H11Cl3N2O.